The summed E-state index contributed by atoms with van der Waals surface area (Å²) in [6.07, 6.45) is -6.25. The molecule has 1 aliphatic rings. The number of rotatable bonds is 6. The Morgan fingerprint density at radius 1 is 1.11 bits per heavy atom. The van der Waals surface area contributed by atoms with Gasteiger partial charge in [-0.1, -0.05) is 60.7 Å². The van der Waals surface area contributed by atoms with E-state index in [1.165, 1.54) is 41.3 Å². The zero-order chi connectivity index (χ0) is 26.1. The molecule has 8 nitrogen and oxygen atoms in total. The van der Waals surface area contributed by atoms with E-state index in [2.05, 4.69) is 9.97 Å². The lowest BCUT2D eigenvalue weighted by Gasteiger charge is -2.33. The third kappa shape index (κ3) is 4.74. The van der Waals surface area contributed by atoms with Crippen LogP contribution in [0.1, 0.15) is 37.1 Å². The summed E-state index contributed by atoms with van der Waals surface area (Å²) in [5.41, 5.74) is -0.400. The molecule has 0 spiro atoms. The van der Waals surface area contributed by atoms with Crippen LogP contribution in [0.4, 0.5) is 29.7 Å². The number of hydrogen-bond donors (Lipinski definition) is 1. The van der Waals surface area contributed by atoms with Crippen molar-refractivity contribution in [2.24, 2.45) is 0 Å². The maximum atomic E-state index is 14.2. The number of nitrogens with zero attached hydrogens (tertiary/aromatic N) is 4. The standard InChI is InChI=1S/C25H23F3N4O4/c1-24(2)20(16-9-5-3-6-10-16)31(19(15-33)36-24)18-13-14-29-22(30-18)32(23(34)35)21(25(26,27)28)17-11-7-4-8-12-17/h3-15,19-21H,1-2H3,(H,34,35)/t19?,20-,21?/m1/s1. The van der Waals surface area contributed by atoms with Gasteiger partial charge in [0.25, 0.3) is 0 Å². The normalized spacial score (nSPS) is 20.1. The molecule has 3 aromatic rings. The van der Waals surface area contributed by atoms with Crippen LogP contribution in [-0.4, -0.2) is 45.5 Å². The van der Waals surface area contributed by atoms with Crippen molar-refractivity contribution in [3.63, 3.8) is 0 Å². The molecule has 0 aliphatic carbocycles. The Bertz CT molecular complexity index is 1220. The lowest BCUT2D eigenvalue weighted by molar-refractivity contribution is -0.149. The number of carbonyl (C=O) groups excluding carboxylic acids is 1. The zero-order valence-electron chi connectivity index (χ0n) is 19.3. The molecule has 1 aromatic heterocycles. The van der Waals surface area contributed by atoms with Crippen LogP contribution in [0.15, 0.2) is 72.9 Å². The summed E-state index contributed by atoms with van der Waals surface area (Å²) in [6, 6.07) is 14.0. The Hall–Kier alpha value is -3.99. The summed E-state index contributed by atoms with van der Waals surface area (Å²) in [4.78, 5) is 33.7. The van der Waals surface area contributed by atoms with E-state index in [9.17, 15) is 27.9 Å². The summed E-state index contributed by atoms with van der Waals surface area (Å²) in [5.74, 6) is -0.649. The Kier molecular flexibility index (Phi) is 6.68. The number of carboxylic acid groups (broad SMARTS) is 1. The number of aromatic nitrogens is 2. The highest BCUT2D eigenvalue weighted by Crippen LogP contribution is 2.45. The average Bonchev–Trinajstić information content (AvgIpc) is 3.13. The Labute approximate surface area is 205 Å². The molecule has 3 atom stereocenters. The molecular weight excluding hydrogens is 477 g/mol. The van der Waals surface area contributed by atoms with Gasteiger partial charge in [0, 0.05) is 6.20 Å². The maximum absolute atomic E-state index is 14.2. The number of carbonyl (C=O) groups is 2. The van der Waals surface area contributed by atoms with Crippen molar-refractivity contribution in [1.29, 1.82) is 0 Å². The number of alkyl halides is 3. The van der Waals surface area contributed by atoms with Crippen LogP contribution in [0, 0.1) is 0 Å². The molecule has 36 heavy (non-hydrogen) atoms. The minimum absolute atomic E-state index is 0.0387. The lowest BCUT2D eigenvalue weighted by atomic mass is 9.91. The van der Waals surface area contributed by atoms with E-state index in [4.69, 9.17) is 4.74 Å². The predicted molar refractivity (Wildman–Crippen MR) is 124 cm³/mol. The summed E-state index contributed by atoms with van der Waals surface area (Å²) in [6.45, 7) is 3.56. The molecule has 0 bridgehead atoms. The van der Waals surface area contributed by atoms with Crippen LogP contribution < -0.4 is 9.80 Å². The summed E-state index contributed by atoms with van der Waals surface area (Å²) >= 11 is 0. The van der Waals surface area contributed by atoms with E-state index in [0.717, 1.165) is 11.8 Å². The molecule has 188 valence electrons. The Morgan fingerprint density at radius 2 is 1.72 bits per heavy atom. The fourth-order valence-electron chi connectivity index (χ4n) is 4.50. The van der Waals surface area contributed by atoms with Crippen LogP contribution in [0.25, 0.3) is 0 Å². The van der Waals surface area contributed by atoms with Gasteiger partial charge in [-0.2, -0.15) is 18.2 Å². The summed E-state index contributed by atoms with van der Waals surface area (Å²) in [5, 5.41) is 9.84. The molecule has 4 rings (SSSR count). The van der Waals surface area contributed by atoms with Gasteiger partial charge in [-0.15, -0.1) is 0 Å². The number of aldehydes is 1. The summed E-state index contributed by atoms with van der Waals surface area (Å²) < 4.78 is 48.4. The van der Waals surface area contributed by atoms with E-state index in [1.807, 2.05) is 30.3 Å². The van der Waals surface area contributed by atoms with Crippen molar-refractivity contribution < 1.29 is 32.6 Å². The smallest absolute Gasteiger partial charge is 0.415 e. The van der Waals surface area contributed by atoms with Crippen LogP contribution >= 0.6 is 0 Å². The number of hydrogen-bond acceptors (Lipinski definition) is 6. The molecule has 0 radical (unpaired) electrons. The number of benzene rings is 2. The predicted octanol–water partition coefficient (Wildman–Crippen LogP) is 5.15. The van der Waals surface area contributed by atoms with Crippen molar-refractivity contribution in [3.05, 3.63) is 84.1 Å². The first kappa shape index (κ1) is 25.1. The van der Waals surface area contributed by atoms with Gasteiger partial charge in [-0.05, 0) is 31.0 Å². The second-order valence-electron chi connectivity index (χ2n) is 8.69. The van der Waals surface area contributed by atoms with Crippen molar-refractivity contribution in [2.75, 3.05) is 9.80 Å². The molecule has 1 fully saturated rings. The van der Waals surface area contributed by atoms with Crippen LogP contribution in [0.2, 0.25) is 0 Å². The van der Waals surface area contributed by atoms with E-state index in [-0.39, 0.29) is 16.3 Å². The molecule has 1 N–H and O–H groups in total. The van der Waals surface area contributed by atoms with E-state index < -0.39 is 42.1 Å². The number of anilines is 2. The van der Waals surface area contributed by atoms with Crippen molar-refractivity contribution in [3.8, 4) is 0 Å². The van der Waals surface area contributed by atoms with Gasteiger partial charge in [0.05, 0.1) is 11.6 Å². The molecule has 2 heterocycles. The highest BCUT2D eigenvalue weighted by atomic mass is 19.4. The third-order valence-electron chi connectivity index (χ3n) is 5.86. The largest absolute Gasteiger partial charge is 0.465 e. The molecule has 1 amide bonds. The van der Waals surface area contributed by atoms with Gasteiger partial charge in [-0.25, -0.2) is 14.7 Å². The van der Waals surface area contributed by atoms with Crippen LogP contribution in [-0.2, 0) is 9.53 Å². The van der Waals surface area contributed by atoms with E-state index >= 15 is 0 Å². The zero-order valence-corrected chi connectivity index (χ0v) is 19.3. The monoisotopic (exact) mass is 500 g/mol. The van der Waals surface area contributed by atoms with E-state index in [1.54, 1.807) is 13.8 Å². The highest BCUT2D eigenvalue weighted by molar-refractivity contribution is 5.85. The van der Waals surface area contributed by atoms with Gasteiger partial charge in [-0.3, -0.25) is 4.79 Å². The fraction of sp³-hybridized carbons (Fsp3) is 0.280. The molecular formula is C25H23F3N4O4. The number of ether oxygens (including phenoxy) is 1. The molecule has 2 unspecified atom stereocenters. The minimum Gasteiger partial charge on any atom is -0.465 e. The molecule has 11 heteroatoms. The van der Waals surface area contributed by atoms with Gasteiger partial charge >= 0.3 is 12.3 Å². The molecule has 2 aromatic carbocycles. The first-order valence-electron chi connectivity index (χ1n) is 11.0. The van der Waals surface area contributed by atoms with Crippen molar-refractivity contribution in [2.45, 2.75) is 43.9 Å². The number of halogens is 3. The van der Waals surface area contributed by atoms with Gasteiger partial charge in [0.1, 0.15) is 5.82 Å². The van der Waals surface area contributed by atoms with Crippen LogP contribution in [0.5, 0.6) is 0 Å². The molecule has 1 saturated heterocycles. The van der Waals surface area contributed by atoms with Gasteiger partial charge < -0.3 is 14.7 Å². The minimum atomic E-state index is -4.96. The number of amides is 1. The second-order valence-corrected chi connectivity index (χ2v) is 8.69. The van der Waals surface area contributed by atoms with Crippen molar-refractivity contribution >= 4 is 24.1 Å². The highest BCUT2D eigenvalue weighted by Gasteiger charge is 2.51. The average molecular weight is 500 g/mol. The van der Waals surface area contributed by atoms with Crippen molar-refractivity contribution in [1.82, 2.24) is 9.97 Å². The molecule has 0 saturated carbocycles. The van der Waals surface area contributed by atoms with E-state index in [0.29, 0.717) is 6.29 Å². The quantitative estimate of drug-likeness (QED) is 0.468. The van der Waals surface area contributed by atoms with Gasteiger partial charge in [0.15, 0.2) is 18.6 Å². The third-order valence-corrected chi connectivity index (χ3v) is 5.86. The maximum Gasteiger partial charge on any atom is 0.415 e. The van der Waals surface area contributed by atoms with Gasteiger partial charge in [0.2, 0.25) is 5.95 Å². The Balaban J connectivity index is 1.84. The second kappa shape index (κ2) is 9.57. The fourth-order valence-corrected chi connectivity index (χ4v) is 4.50. The van der Waals surface area contributed by atoms with Crippen LogP contribution in [0.3, 0.4) is 0 Å². The first-order valence-corrected chi connectivity index (χ1v) is 11.0. The summed E-state index contributed by atoms with van der Waals surface area (Å²) in [7, 11) is 0. The SMILES string of the molecule is CC1(C)OC(C=O)N(c2ccnc(N(C(=O)O)C(c3ccccc3)C(F)(F)F)n2)[C@@H]1c1ccccc1. The topological polar surface area (TPSA) is 95.9 Å². The first-order chi connectivity index (χ1) is 17.0. The molecule has 1 aliphatic heterocycles. The lowest BCUT2D eigenvalue weighted by Crippen LogP contribution is -2.43. The Morgan fingerprint density at radius 3 is 2.28 bits per heavy atom.